The van der Waals surface area contributed by atoms with Gasteiger partial charge in [0.05, 0.1) is 7.11 Å². The van der Waals surface area contributed by atoms with Gasteiger partial charge in [-0.15, -0.1) is 0 Å². The molecule has 0 radical (unpaired) electrons. The van der Waals surface area contributed by atoms with Crippen LogP contribution in [0.25, 0.3) is 44.5 Å². The normalized spacial score (nSPS) is 13.8. The molecule has 11 rings (SSSR count). The Hall–Kier alpha value is -6.06. The summed E-state index contributed by atoms with van der Waals surface area (Å²) < 4.78 is 5.58. The predicted molar refractivity (Wildman–Crippen MR) is 242 cm³/mol. The largest absolute Gasteiger partial charge is 0.497 e. The molecular formula is C52H43B2NO2. The molecule has 0 amide bonds. The predicted octanol–water partition coefficient (Wildman–Crippen LogP) is 8.53. The highest BCUT2D eigenvalue weighted by molar-refractivity contribution is 7.05. The lowest BCUT2D eigenvalue weighted by molar-refractivity contribution is 0.112. The number of carbonyl (C=O) groups is 1. The van der Waals surface area contributed by atoms with Crippen molar-refractivity contribution in [3.8, 4) is 50.3 Å². The number of hydrogen-bond donors (Lipinski definition) is 0. The van der Waals surface area contributed by atoms with Crippen LogP contribution in [-0.4, -0.2) is 26.8 Å². The van der Waals surface area contributed by atoms with Crippen molar-refractivity contribution in [3.63, 3.8) is 0 Å². The summed E-state index contributed by atoms with van der Waals surface area (Å²) in [6.07, 6.45) is 0.926. The van der Waals surface area contributed by atoms with Gasteiger partial charge in [0, 0.05) is 22.6 Å². The molecule has 274 valence electrons. The fraction of sp³-hybridized carbons (Fsp3) is 0.173. The minimum atomic E-state index is -0.00171. The maximum absolute atomic E-state index is 11.7. The number of fused-ring (bicyclic) bond motifs is 10. The third-order valence-corrected chi connectivity index (χ3v) is 13.2. The highest BCUT2D eigenvalue weighted by atomic mass is 16.5. The summed E-state index contributed by atoms with van der Waals surface area (Å²) in [5.41, 5.74) is 25.5. The van der Waals surface area contributed by atoms with Crippen molar-refractivity contribution in [2.24, 2.45) is 0 Å². The lowest BCUT2D eigenvalue weighted by Gasteiger charge is -2.43. The first kappa shape index (κ1) is 34.2. The Bertz CT molecular complexity index is 2880. The lowest BCUT2D eigenvalue weighted by Crippen LogP contribution is -2.62. The van der Waals surface area contributed by atoms with E-state index in [1.165, 1.54) is 99.9 Å². The monoisotopic (exact) mass is 735 g/mol. The van der Waals surface area contributed by atoms with E-state index in [-0.39, 0.29) is 24.3 Å². The number of anilines is 3. The smallest absolute Gasteiger partial charge is 0.248 e. The van der Waals surface area contributed by atoms with Crippen molar-refractivity contribution in [3.05, 3.63) is 144 Å². The van der Waals surface area contributed by atoms with Crippen LogP contribution >= 0.6 is 0 Å². The average molecular weight is 736 g/mol. The zero-order valence-electron chi connectivity index (χ0n) is 33.6. The van der Waals surface area contributed by atoms with E-state index >= 15 is 0 Å². The molecule has 0 aliphatic carbocycles. The molecule has 7 aromatic rings. The number of hydrogen-bond acceptors (Lipinski definition) is 3. The topological polar surface area (TPSA) is 29.5 Å². The second-order valence-electron chi connectivity index (χ2n) is 18.4. The van der Waals surface area contributed by atoms with Crippen LogP contribution in [0.4, 0.5) is 17.1 Å². The van der Waals surface area contributed by atoms with Crippen LogP contribution in [-0.2, 0) is 10.8 Å². The van der Waals surface area contributed by atoms with E-state index < -0.39 is 0 Å². The van der Waals surface area contributed by atoms with Crippen LogP contribution in [0.1, 0.15) is 63.0 Å². The Morgan fingerprint density at radius 2 is 1.00 bits per heavy atom. The molecule has 0 saturated carbocycles. The summed E-state index contributed by atoms with van der Waals surface area (Å²) in [5.74, 6) is 0.860. The Morgan fingerprint density at radius 1 is 0.526 bits per heavy atom. The van der Waals surface area contributed by atoms with Crippen LogP contribution in [0.3, 0.4) is 0 Å². The first-order valence-corrected chi connectivity index (χ1v) is 20.2. The quantitative estimate of drug-likeness (QED) is 0.134. The van der Waals surface area contributed by atoms with Crippen molar-refractivity contribution < 1.29 is 9.53 Å². The molecule has 0 atom stereocenters. The van der Waals surface area contributed by atoms with Gasteiger partial charge in [-0.1, -0.05) is 156 Å². The van der Waals surface area contributed by atoms with Crippen LogP contribution in [0.2, 0.25) is 0 Å². The van der Waals surface area contributed by atoms with Crippen LogP contribution in [0, 0.1) is 0 Å². The number of methoxy groups -OCH3 is 1. The Kier molecular flexibility index (Phi) is 7.05. The van der Waals surface area contributed by atoms with Gasteiger partial charge in [0.15, 0.2) is 0 Å². The molecular weight excluding hydrogens is 692 g/mol. The standard InChI is InChI=1S/C52H43B2NO2/c1-51(2,3)33-17-23-40-38(27-33)46-36(31-13-11-30(29-56)12-14-31)21-25-44-48(46)53(40)42-9-8-10-43-50(42)55(44)45-26-22-37(32-15-19-35(57-7)20-16-32)47-39-28-34(52(4,5)6)18-24-41(39)54(43)49(45)47/h8-29H,1-7H3. The highest BCUT2D eigenvalue weighted by Gasteiger charge is 2.50. The van der Waals surface area contributed by atoms with E-state index in [0.717, 1.165) is 17.6 Å². The molecule has 7 aromatic carbocycles. The van der Waals surface area contributed by atoms with Gasteiger partial charge in [-0.2, -0.15) is 0 Å². The van der Waals surface area contributed by atoms with Crippen molar-refractivity contribution in [2.45, 2.75) is 52.4 Å². The number of para-hydroxylation sites is 1. The van der Waals surface area contributed by atoms with Crippen LogP contribution in [0.15, 0.2) is 127 Å². The van der Waals surface area contributed by atoms with E-state index in [9.17, 15) is 4.79 Å². The summed E-state index contributed by atoms with van der Waals surface area (Å²) in [5, 5.41) is 0. The molecule has 0 saturated heterocycles. The van der Waals surface area contributed by atoms with Gasteiger partial charge in [-0.25, -0.2) is 0 Å². The first-order valence-electron chi connectivity index (χ1n) is 20.2. The fourth-order valence-corrected chi connectivity index (χ4v) is 10.4. The van der Waals surface area contributed by atoms with E-state index in [1.54, 1.807) is 7.11 Å². The third kappa shape index (κ3) is 4.72. The Labute approximate surface area is 336 Å². The maximum Gasteiger partial charge on any atom is 0.248 e. The van der Waals surface area contributed by atoms with Crippen molar-refractivity contribution in [2.75, 3.05) is 12.0 Å². The molecule has 4 heterocycles. The summed E-state index contributed by atoms with van der Waals surface area (Å²) in [4.78, 5) is 14.3. The van der Waals surface area contributed by atoms with E-state index in [4.69, 9.17) is 4.74 Å². The van der Waals surface area contributed by atoms with Gasteiger partial charge in [0.25, 0.3) is 0 Å². The molecule has 5 heteroatoms. The zero-order valence-corrected chi connectivity index (χ0v) is 33.6. The molecule has 3 nitrogen and oxygen atoms in total. The SMILES string of the molecule is COc1ccc(-c2ccc3c4c2-c2cc(C(C)(C)C)ccc2B4c2cccc4c2N3c2ccc(-c3ccc(C=O)cc3)c3c2B4c2ccc(C(C)(C)C)cc2-3)cc1. The molecule has 0 fully saturated rings. The molecule has 0 N–H and O–H groups in total. The molecule has 4 aliphatic rings. The summed E-state index contributed by atoms with van der Waals surface area (Å²) in [7, 11) is 1.73. The molecule has 0 unspecified atom stereocenters. The number of rotatable bonds is 4. The lowest BCUT2D eigenvalue weighted by atomic mass is 9.32. The Balaban J connectivity index is 1.22. The van der Waals surface area contributed by atoms with E-state index in [0.29, 0.717) is 5.56 Å². The van der Waals surface area contributed by atoms with Gasteiger partial charge < -0.3 is 9.64 Å². The van der Waals surface area contributed by atoms with Crippen molar-refractivity contribution >= 4 is 69.6 Å². The maximum atomic E-state index is 11.7. The van der Waals surface area contributed by atoms with Crippen LogP contribution < -0.4 is 42.4 Å². The van der Waals surface area contributed by atoms with E-state index in [2.05, 4.69) is 162 Å². The van der Waals surface area contributed by atoms with Gasteiger partial charge in [-0.3, -0.25) is 4.79 Å². The third-order valence-electron chi connectivity index (χ3n) is 13.2. The van der Waals surface area contributed by atoms with Gasteiger partial charge in [0.2, 0.25) is 13.4 Å². The molecule has 0 spiro atoms. The first-order chi connectivity index (χ1) is 27.5. The number of nitrogens with zero attached hydrogens (tertiary/aromatic N) is 1. The molecule has 57 heavy (non-hydrogen) atoms. The zero-order chi connectivity index (χ0) is 39.1. The Morgan fingerprint density at radius 3 is 1.44 bits per heavy atom. The van der Waals surface area contributed by atoms with Gasteiger partial charge >= 0.3 is 0 Å². The van der Waals surface area contributed by atoms with Crippen molar-refractivity contribution in [1.82, 2.24) is 0 Å². The molecule has 0 aromatic heterocycles. The number of ether oxygens (including phenoxy) is 1. The number of aldehydes is 1. The van der Waals surface area contributed by atoms with E-state index in [1.807, 2.05) is 12.1 Å². The minimum Gasteiger partial charge on any atom is -0.497 e. The molecule has 4 aliphatic heterocycles. The second-order valence-corrected chi connectivity index (χ2v) is 18.4. The summed E-state index contributed by atoms with van der Waals surface area (Å²) in [6, 6.07) is 47.7. The van der Waals surface area contributed by atoms with Crippen molar-refractivity contribution in [1.29, 1.82) is 0 Å². The van der Waals surface area contributed by atoms with Gasteiger partial charge in [0.1, 0.15) is 12.0 Å². The number of benzene rings is 7. The second kappa shape index (κ2) is 11.7. The summed E-state index contributed by atoms with van der Waals surface area (Å²) >= 11 is 0. The summed E-state index contributed by atoms with van der Waals surface area (Å²) in [6.45, 7) is 14.1. The number of carbonyl (C=O) groups excluding carboxylic acids is 1. The molecule has 0 bridgehead atoms. The van der Waals surface area contributed by atoms with Crippen LogP contribution in [0.5, 0.6) is 5.75 Å². The fourth-order valence-electron chi connectivity index (χ4n) is 10.4. The average Bonchev–Trinajstić information content (AvgIpc) is 3.75. The van der Waals surface area contributed by atoms with Gasteiger partial charge in [-0.05, 0) is 113 Å². The highest BCUT2D eigenvalue weighted by Crippen LogP contribution is 2.48. The minimum absolute atomic E-state index is 0.00171.